The quantitative estimate of drug-likeness (QED) is 0.708. The Hall–Kier alpha value is -2.44. The van der Waals surface area contributed by atoms with E-state index in [-0.39, 0.29) is 17.9 Å². The first-order valence-electron chi connectivity index (χ1n) is 10.4. The molecule has 2 atom stereocenters. The first kappa shape index (κ1) is 18.6. The van der Waals surface area contributed by atoms with Gasteiger partial charge in [-0.15, -0.1) is 0 Å². The number of nitrogens with one attached hydrogen (secondary N) is 1. The molecule has 5 rings (SSSR count). The van der Waals surface area contributed by atoms with Crippen molar-refractivity contribution in [3.63, 3.8) is 0 Å². The summed E-state index contributed by atoms with van der Waals surface area (Å²) in [7, 11) is 0. The molecule has 3 heterocycles. The van der Waals surface area contributed by atoms with E-state index >= 15 is 0 Å². The number of aromatic nitrogens is 1. The Labute approximate surface area is 174 Å². The van der Waals surface area contributed by atoms with E-state index in [0.29, 0.717) is 13.2 Å². The molecule has 1 aromatic heterocycles. The maximum atomic E-state index is 13.0. The van der Waals surface area contributed by atoms with Gasteiger partial charge in [-0.25, -0.2) is 4.98 Å². The normalized spacial score (nSPS) is 22.2. The van der Waals surface area contributed by atoms with E-state index in [4.69, 9.17) is 9.72 Å². The lowest BCUT2D eigenvalue weighted by atomic mass is 9.88. The summed E-state index contributed by atoms with van der Waals surface area (Å²) in [6.07, 6.45) is 1.79. The van der Waals surface area contributed by atoms with E-state index in [2.05, 4.69) is 59.6 Å². The second-order valence-electron chi connectivity index (χ2n) is 7.78. The molecular weight excluding hydrogens is 382 g/mol. The fraction of sp³-hybridized carbons (Fsp3) is 0.391. The predicted octanol–water partition coefficient (Wildman–Crippen LogP) is 4.18. The third-order valence-corrected chi connectivity index (χ3v) is 7.11. The number of hydrogen-bond acceptors (Lipinski definition) is 5. The van der Waals surface area contributed by atoms with Crippen LogP contribution in [0, 0.1) is 0 Å². The molecule has 0 bridgehead atoms. The van der Waals surface area contributed by atoms with Crippen LogP contribution < -0.4 is 10.2 Å². The van der Waals surface area contributed by atoms with Crippen molar-refractivity contribution in [3.8, 4) is 0 Å². The molecule has 2 aliphatic rings. The fourth-order valence-electron chi connectivity index (χ4n) is 4.30. The summed E-state index contributed by atoms with van der Waals surface area (Å²) in [4.78, 5) is 21.0. The van der Waals surface area contributed by atoms with Crippen molar-refractivity contribution in [3.05, 3.63) is 58.6 Å². The van der Waals surface area contributed by atoms with E-state index in [1.54, 1.807) is 0 Å². The number of fused-ring (bicyclic) bond motifs is 2. The molecule has 2 aromatic carbocycles. The van der Waals surface area contributed by atoms with Crippen LogP contribution >= 0.6 is 11.3 Å². The van der Waals surface area contributed by atoms with Gasteiger partial charge in [-0.1, -0.05) is 60.7 Å². The molecule has 1 amide bonds. The summed E-state index contributed by atoms with van der Waals surface area (Å²) in [6.45, 7) is 5.21. The van der Waals surface area contributed by atoms with Gasteiger partial charge in [-0.05, 0) is 29.2 Å². The Bertz CT molecular complexity index is 1040. The van der Waals surface area contributed by atoms with Gasteiger partial charge < -0.3 is 15.0 Å². The van der Waals surface area contributed by atoms with Gasteiger partial charge in [0.1, 0.15) is 4.88 Å². The second kappa shape index (κ2) is 7.76. The highest BCUT2D eigenvalue weighted by atomic mass is 32.1. The fourth-order valence-corrected chi connectivity index (χ4v) is 5.38. The molecule has 0 saturated carbocycles. The largest absolute Gasteiger partial charge is 0.378 e. The van der Waals surface area contributed by atoms with Gasteiger partial charge in [0.15, 0.2) is 5.13 Å². The lowest BCUT2D eigenvalue weighted by molar-refractivity contribution is 0.0942. The molecule has 150 valence electrons. The highest BCUT2D eigenvalue weighted by Crippen LogP contribution is 2.39. The summed E-state index contributed by atoms with van der Waals surface area (Å²) >= 11 is 1.53. The van der Waals surface area contributed by atoms with E-state index < -0.39 is 0 Å². The number of carbonyl (C=O) groups is 1. The number of rotatable bonds is 3. The third kappa shape index (κ3) is 3.51. The average Bonchev–Trinajstić information content (AvgIpc) is 3.17. The Kier molecular flexibility index (Phi) is 4.97. The second-order valence-corrected chi connectivity index (χ2v) is 8.76. The smallest absolute Gasteiger partial charge is 0.263 e. The van der Waals surface area contributed by atoms with E-state index in [9.17, 15) is 4.79 Å². The summed E-state index contributed by atoms with van der Waals surface area (Å²) < 4.78 is 5.48. The number of morpholine rings is 1. The van der Waals surface area contributed by atoms with E-state index in [0.717, 1.165) is 41.6 Å². The molecule has 2 aliphatic heterocycles. The van der Waals surface area contributed by atoms with E-state index in [1.807, 2.05) is 0 Å². The standard InChI is InChI=1S/C23H25N3O2S/c1-2-18-14-19(17-8-7-15-5-3-4-6-16(15)13-17)20-21(22(27)24-18)29-23(25-20)26-9-11-28-12-10-26/h3-8,13,18-19H,2,9-12,14H2,1H3,(H,24,27)/t18-,19?/m0/s1. The number of ether oxygens (including phenoxy) is 1. The molecule has 6 heteroatoms. The van der Waals surface area contributed by atoms with Crippen LogP contribution in [0.1, 0.15) is 46.6 Å². The minimum Gasteiger partial charge on any atom is -0.378 e. The van der Waals surface area contributed by atoms with Crippen LogP contribution in [0.25, 0.3) is 10.8 Å². The maximum Gasteiger partial charge on any atom is 0.263 e. The first-order valence-corrected chi connectivity index (χ1v) is 11.2. The Morgan fingerprint density at radius 1 is 1.17 bits per heavy atom. The van der Waals surface area contributed by atoms with Crippen LogP contribution in [0.15, 0.2) is 42.5 Å². The minimum absolute atomic E-state index is 0.0205. The minimum atomic E-state index is 0.0205. The molecule has 29 heavy (non-hydrogen) atoms. The van der Waals surface area contributed by atoms with Crippen LogP contribution in [0.4, 0.5) is 5.13 Å². The zero-order valence-corrected chi connectivity index (χ0v) is 17.4. The van der Waals surface area contributed by atoms with Crippen molar-refractivity contribution in [2.45, 2.75) is 31.7 Å². The highest BCUT2D eigenvalue weighted by Gasteiger charge is 2.33. The van der Waals surface area contributed by atoms with Crippen molar-refractivity contribution in [1.29, 1.82) is 0 Å². The van der Waals surface area contributed by atoms with Crippen LogP contribution in [0.3, 0.4) is 0 Å². The lowest BCUT2D eigenvalue weighted by Gasteiger charge is -2.26. The Morgan fingerprint density at radius 2 is 1.97 bits per heavy atom. The summed E-state index contributed by atoms with van der Waals surface area (Å²) in [5.74, 6) is 0.136. The molecule has 1 saturated heterocycles. The third-order valence-electron chi connectivity index (χ3n) is 5.98. The SMILES string of the molecule is CC[C@H]1CC(c2ccc3ccccc3c2)c2nc(N3CCOCC3)sc2C(=O)N1. The van der Waals surface area contributed by atoms with Crippen molar-refractivity contribution in [2.24, 2.45) is 0 Å². The van der Waals surface area contributed by atoms with Gasteiger partial charge in [0.2, 0.25) is 0 Å². The molecule has 0 aliphatic carbocycles. The van der Waals surface area contributed by atoms with Crippen molar-refractivity contribution < 1.29 is 9.53 Å². The number of amides is 1. The Morgan fingerprint density at radius 3 is 2.76 bits per heavy atom. The number of thiazole rings is 1. The molecule has 1 unspecified atom stereocenters. The molecular formula is C23H25N3O2S. The number of carbonyl (C=O) groups excluding carboxylic acids is 1. The van der Waals surface area contributed by atoms with E-state index in [1.165, 1.54) is 27.7 Å². The number of benzene rings is 2. The van der Waals surface area contributed by atoms with Gasteiger partial charge >= 0.3 is 0 Å². The summed E-state index contributed by atoms with van der Waals surface area (Å²) in [6, 6.07) is 15.2. The van der Waals surface area contributed by atoms with Crippen LogP contribution in [0.5, 0.6) is 0 Å². The summed E-state index contributed by atoms with van der Waals surface area (Å²) in [5.41, 5.74) is 2.17. The zero-order valence-electron chi connectivity index (χ0n) is 16.6. The van der Waals surface area contributed by atoms with Gasteiger partial charge in [-0.3, -0.25) is 4.79 Å². The van der Waals surface area contributed by atoms with Crippen LogP contribution in [0.2, 0.25) is 0 Å². The van der Waals surface area contributed by atoms with Crippen molar-refractivity contribution in [1.82, 2.24) is 10.3 Å². The average molecular weight is 408 g/mol. The lowest BCUT2D eigenvalue weighted by Crippen LogP contribution is -2.36. The highest BCUT2D eigenvalue weighted by molar-refractivity contribution is 7.17. The molecule has 1 N–H and O–H groups in total. The first-order chi connectivity index (χ1) is 14.2. The number of hydrogen-bond donors (Lipinski definition) is 1. The Balaban J connectivity index is 1.59. The zero-order chi connectivity index (χ0) is 19.8. The maximum absolute atomic E-state index is 13.0. The number of anilines is 1. The molecule has 3 aromatic rings. The molecule has 0 spiro atoms. The summed E-state index contributed by atoms with van der Waals surface area (Å²) in [5, 5.41) is 6.63. The molecule has 0 radical (unpaired) electrons. The molecule has 5 nitrogen and oxygen atoms in total. The van der Waals surface area contributed by atoms with Crippen molar-refractivity contribution in [2.75, 3.05) is 31.2 Å². The van der Waals surface area contributed by atoms with Gasteiger partial charge in [0.25, 0.3) is 5.91 Å². The topological polar surface area (TPSA) is 54.5 Å². The molecule has 1 fully saturated rings. The van der Waals surface area contributed by atoms with Crippen LogP contribution in [-0.4, -0.2) is 43.2 Å². The van der Waals surface area contributed by atoms with Gasteiger partial charge in [0, 0.05) is 25.0 Å². The van der Waals surface area contributed by atoms with Gasteiger partial charge in [0.05, 0.1) is 18.9 Å². The van der Waals surface area contributed by atoms with Crippen LogP contribution in [-0.2, 0) is 4.74 Å². The monoisotopic (exact) mass is 407 g/mol. The van der Waals surface area contributed by atoms with Crippen molar-refractivity contribution >= 4 is 33.1 Å². The van der Waals surface area contributed by atoms with Gasteiger partial charge in [-0.2, -0.15) is 0 Å². The predicted molar refractivity (Wildman–Crippen MR) is 117 cm³/mol. The number of nitrogens with zero attached hydrogens (tertiary/aromatic N) is 2.